The predicted molar refractivity (Wildman–Crippen MR) is 220 cm³/mol. The van der Waals surface area contributed by atoms with Gasteiger partial charge in [0.1, 0.15) is 11.5 Å². The molecule has 9 rings (SSSR count). The summed E-state index contributed by atoms with van der Waals surface area (Å²) in [7, 11) is 0. The second-order valence-electron chi connectivity index (χ2n) is 13.9. The summed E-state index contributed by atoms with van der Waals surface area (Å²) in [6.07, 6.45) is 14.4. The molecule has 5 aromatic rings. The van der Waals surface area contributed by atoms with Gasteiger partial charge in [0.15, 0.2) is 0 Å². The Kier molecular flexibility index (Phi) is 10.6. The number of carbonyl (C=O) groups excluding carboxylic acids is 1. The molecular formula is C45H39Cl2N5O3. The molecule has 5 heterocycles. The van der Waals surface area contributed by atoms with Crippen molar-refractivity contribution in [1.29, 1.82) is 0 Å². The minimum atomic E-state index is 0.118. The molecule has 55 heavy (non-hydrogen) atoms. The summed E-state index contributed by atoms with van der Waals surface area (Å²) in [4.78, 5) is 28.1. The molecule has 3 aromatic heterocycles. The van der Waals surface area contributed by atoms with E-state index in [2.05, 4.69) is 20.3 Å². The first kappa shape index (κ1) is 36.4. The molecule has 2 aliphatic carbocycles. The van der Waals surface area contributed by atoms with Gasteiger partial charge < -0.3 is 20.4 Å². The average Bonchev–Trinajstić information content (AvgIpc) is 3.41. The van der Waals surface area contributed by atoms with Crippen molar-refractivity contribution < 1.29 is 15.0 Å². The lowest BCUT2D eigenvalue weighted by Gasteiger charge is -2.30. The van der Waals surface area contributed by atoms with Crippen LogP contribution in [0.5, 0.6) is 0 Å². The third-order valence-electron chi connectivity index (χ3n) is 10.5. The molecule has 2 aliphatic heterocycles. The summed E-state index contributed by atoms with van der Waals surface area (Å²) in [6, 6.07) is 22.8. The Morgan fingerprint density at radius 3 is 1.73 bits per heavy atom. The third kappa shape index (κ3) is 7.71. The number of nitrogens with zero attached hydrogens (tertiary/aromatic N) is 4. The molecule has 8 nitrogen and oxygen atoms in total. The number of hydrogen-bond donors (Lipinski definition) is 3. The van der Waals surface area contributed by atoms with Crippen LogP contribution in [0.25, 0.3) is 34.8 Å². The first-order chi connectivity index (χ1) is 26.8. The summed E-state index contributed by atoms with van der Waals surface area (Å²) in [6.45, 7) is 3.26. The Morgan fingerprint density at radius 2 is 1.20 bits per heavy atom. The number of aromatic nitrogens is 3. The molecular weight excluding hydrogens is 729 g/mol. The smallest absolute Gasteiger partial charge is 0.227 e. The standard InChI is InChI=1S/C26H22ClN3O2.C19H17ClN2O/c27-20-5-6-21-19(14-20)15-23(31)22-4-2-10-29-26(22)25(21)18-7-11-30(12-8-18)24(32)13-17-3-1-9-28-16-17;20-14-3-4-15-13(10-14)11-17(23)16-2-1-7-22-19(16)18(15)12-5-8-21-9-6-12/h1-6,9-10,14-16,31H,7-8,11-13H2;1-4,7,10-11,21,23H,5-6,8-9H2. The van der Waals surface area contributed by atoms with E-state index in [-0.39, 0.29) is 17.4 Å². The van der Waals surface area contributed by atoms with E-state index < -0.39 is 0 Å². The van der Waals surface area contributed by atoms with Gasteiger partial charge in [0.2, 0.25) is 5.91 Å². The normalized spacial score (nSPS) is 16.2. The Hall–Kier alpha value is -5.54. The van der Waals surface area contributed by atoms with Crippen LogP contribution in [0, 0.1) is 0 Å². The molecule has 0 spiro atoms. The summed E-state index contributed by atoms with van der Waals surface area (Å²) in [5, 5.41) is 26.0. The lowest BCUT2D eigenvalue weighted by molar-refractivity contribution is -0.130. The maximum Gasteiger partial charge on any atom is 0.227 e. The second kappa shape index (κ2) is 16.1. The molecule has 276 valence electrons. The number of aliphatic hydroxyl groups excluding tert-OH is 2. The highest BCUT2D eigenvalue weighted by atomic mass is 35.5. The van der Waals surface area contributed by atoms with Crippen molar-refractivity contribution in [1.82, 2.24) is 25.2 Å². The van der Waals surface area contributed by atoms with Gasteiger partial charge in [-0.25, -0.2) is 0 Å². The highest BCUT2D eigenvalue weighted by Gasteiger charge is 2.28. The number of halogens is 2. The summed E-state index contributed by atoms with van der Waals surface area (Å²) < 4.78 is 0. The Bertz CT molecular complexity index is 2400. The van der Waals surface area contributed by atoms with Crippen LogP contribution in [-0.4, -0.2) is 62.2 Å². The number of fused-ring (bicyclic) bond motifs is 4. The van der Waals surface area contributed by atoms with Crippen LogP contribution in [-0.2, 0) is 11.2 Å². The number of nitrogens with one attached hydrogen (secondary N) is 1. The van der Waals surface area contributed by atoms with E-state index in [1.165, 1.54) is 11.1 Å². The third-order valence-corrected chi connectivity index (χ3v) is 11.0. The highest BCUT2D eigenvalue weighted by Crippen LogP contribution is 2.41. The molecule has 0 atom stereocenters. The minimum Gasteiger partial charge on any atom is -0.507 e. The van der Waals surface area contributed by atoms with Gasteiger partial charge in [0.05, 0.1) is 17.8 Å². The number of hydrogen-bond acceptors (Lipinski definition) is 7. The van der Waals surface area contributed by atoms with Crippen LogP contribution >= 0.6 is 23.2 Å². The van der Waals surface area contributed by atoms with E-state index >= 15 is 0 Å². The summed E-state index contributed by atoms with van der Waals surface area (Å²) >= 11 is 12.4. The van der Waals surface area contributed by atoms with Crippen LogP contribution in [0.15, 0.2) is 109 Å². The number of rotatable bonds is 2. The van der Waals surface area contributed by atoms with Crippen LogP contribution in [0.1, 0.15) is 76.0 Å². The lowest BCUT2D eigenvalue weighted by Crippen LogP contribution is -2.37. The zero-order valence-electron chi connectivity index (χ0n) is 30.1. The molecule has 10 heteroatoms. The largest absolute Gasteiger partial charge is 0.507 e. The van der Waals surface area contributed by atoms with Gasteiger partial charge in [-0.1, -0.05) is 52.5 Å². The molecule has 4 aliphatic rings. The van der Waals surface area contributed by atoms with Gasteiger partial charge in [0.25, 0.3) is 0 Å². The average molecular weight is 769 g/mol. The van der Waals surface area contributed by atoms with Crippen LogP contribution in [0.3, 0.4) is 0 Å². The molecule has 0 bridgehead atoms. The van der Waals surface area contributed by atoms with Gasteiger partial charge >= 0.3 is 0 Å². The lowest BCUT2D eigenvalue weighted by atomic mass is 9.88. The molecule has 2 aromatic carbocycles. The van der Waals surface area contributed by atoms with Crippen molar-refractivity contribution >= 4 is 63.9 Å². The van der Waals surface area contributed by atoms with Gasteiger partial charge in [-0.05, 0) is 133 Å². The monoisotopic (exact) mass is 767 g/mol. The van der Waals surface area contributed by atoms with Crippen molar-refractivity contribution in [3.05, 3.63) is 169 Å². The Labute approximate surface area is 330 Å². The van der Waals surface area contributed by atoms with Crippen LogP contribution < -0.4 is 5.32 Å². The van der Waals surface area contributed by atoms with Gasteiger partial charge in [0, 0.05) is 70.2 Å². The molecule has 1 amide bonds. The molecule has 2 saturated heterocycles. The van der Waals surface area contributed by atoms with Crippen molar-refractivity contribution in [2.75, 3.05) is 26.2 Å². The van der Waals surface area contributed by atoms with Crippen molar-refractivity contribution in [2.45, 2.75) is 32.1 Å². The van der Waals surface area contributed by atoms with Crippen LogP contribution in [0.4, 0.5) is 0 Å². The Morgan fingerprint density at radius 1 is 0.673 bits per heavy atom. The van der Waals surface area contributed by atoms with Crippen molar-refractivity contribution in [3.8, 4) is 0 Å². The number of piperidine rings is 2. The fourth-order valence-electron chi connectivity index (χ4n) is 7.85. The van der Waals surface area contributed by atoms with E-state index in [4.69, 9.17) is 23.2 Å². The fourth-order valence-corrected chi connectivity index (χ4v) is 8.21. The number of likely N-dealkylation sites (tertiary alicyclic amines) is 1. The van der Waals surface area contributed by atoms with E-state index in [1.54, 1.807) is 36.9 Å². The maximum absolute atomic E-state index is 12.8. The van der Waals surface area contributed by atoms with E-state index in [9.17, 15) is 15.0 Å². The molecule has 2 fully saturated rings. The number of pyridine rings is 3. The quantitative estimate of drug-likeness (QED) is 0.164. The topological polar surface area (TPSA) is 111 Å². The van der Waals surface area contributed by atoms with Crippen LogP contribution in [0.2, 0.25) is 10.0 Å². The van der Waals surface area contributed by atoms with Crippen molar-refractivity contribution in [2.24, 2.45) is 0 Å². The Balaban J connectivity index is 0.000000164. The SMILES string of the molecule is O=C(Cc1cccnc1)N1CCC(=C2c3ccc(Cl)cc3C=C(O)c3cccnc32)CC1.OC1=Cc2cc(Cl)ccc2C(=C2CCNCC2)c2ncccc21. The van der Waals surface area contributed by atoms with E-state index in [0.29, 0.717) is 35.1 Å². The number of benzene rings is 2. The van der Waals surface area contributed by atoms with E-state index in [1.807, 2.05) is 77.7 Å². The fraction of sp³-hybridized carbons (Fsp3) is 0.200. The highest BCUT2D eigenvalue weighted by molar-refractivity contribution is 6.31. The first-order valence-electron chi connectivity index (χ1n) is 18.5. The first-order valence-corrected chi connectivity index (χ1v) is 19.2. The number of carbonyl (C=O) groups is 1. The second-order valence-corrected chi connectivity index (χ2v) is 14.8. The molecule has 0 unspecified atom stereocenters. The van der Waals surface area contributed by atoms with Gasteiger partial charge in [-0.2, -0.15) is 0 Å². The zero-order valence-corrected chi connectivity index (χ0v) is 31.6. The molecule has 3 N–H and O–H groups in total. The summed E-state index contributed by atoms with van der Waals surface area (Å²) in [5.74, 6) is 0.533. The zero-order chi connectivity index (χ0) is 37.9. The predicted octanol–water partition coefficient (Wildman–Crippen LogP) is 9.46. The maximum atomic E-state index is 12.8. The molecule has 0 radical (unpaired) electrons. The van der Waals surface area contributed by atoms with E-state index in [0.717, 1.165) is 94.7 Å². The van der Waals surface area contributed by atoms with Gasteiger partial charge in [-0.3, -0.25) is 19.7 Å². The minimum absolute atomic E-state index is 0.118. The van der Waals surface area contributed by atoms with Crippen molar-refractivity contribution in [3.63, 3.8) is 0 Å². The number of amides is 1. The van der Waals surface area contributed by atoms with Gasteiger partial charge in [-0.15, -0.1) is 0 Å². The molecule has 0 saturated carbocycles. The summed E-state index contributed by atoms with van der Waals surface area (Å²) in [5.41, 5.74) is 12.7. The number of aliphatic hydroxyl groups is 2.